The number of nitrogens with two attached hydrogens (primary N) is 2. The molecule has 13 heteroatoms. The summed E-state index contributed by atoms with van der Waals surface area (Å²) in [5.74, 6) is -0.585. The second-order valence-corrected chi connectivity index (χ2v) is 14.6. The predicted molar refractivity (Wildman–Crippen MR) is 208 cm³/mol. The van der Waals surface area contributed by atoms with Gasteiger partial charge in [-0.1, -0.05) is 82.3 Å². The molecule has 2 aliphatic rings. The number of aliphatic imine (C=N–C) groups is 1. The summed E-state index contributed by atoms with van der Waals surface area (Å²) in [5.41, 5.74) is 13.2. The summed E-state index contributed by atoms with van der Waals surface area (Å²) >= 11 is 6.28. The largest absolute Gasteiger partial charge is 0.370 e. The molecule has 0 spiro atoms. The van der Waals surface area contributed by atoms with Gasteiger partial charge in [0, 0.05) is 28.6 Å². The minimum atomic E-state index is -0.773. The van der Waals surface area contributed by atoms with Crippen molar-refractivity contribution in [1.82, 2.24) is 26.6 Å². The Bertz CT molecular complexity index is 1440. The van der Waals surface area contributed by atoms with E-state index in [0.29, 0.717) is 36.0 Å². The highest BCUT2D eigenvalue weighted by atomic mass is 35.5. The highest BCUT2D eigenvalue weighted by Crippen LogP contribution is 2.34. The molecule has 286 valence electrons. The van der Waals surface area contributed by atoms with Crippen molar-refractivity contribution in [3.63, 3.8) is 0 Å². The molecule has 2 aromatic carbocycles. The number of benzene rings is 2. The second-order valence-electron chi connectivity index (χ2n) is 14.2. The minimum absolute atomic E-state index is 0.00397. The van der Waals surface area contributed by atoms with Gasteiger partial charge in [0.1, 0.15) is 12.1 Å². The summed E-state index contributed by atoms with van der Waals surface area (Å²) in [6, 6.07) is 13.6. The van der Waals surface area contributed by atoms with Crippen LogP contribution in [0.4, 0.5) is 0 Å². The van der Waals surface area contributed by atoms with Crippen molar-refractivity contribution in [2.24, 2.45) is 22.4 Å². The lowest BCUT2D eigenvalue weighted by atomic mass is 9.80. The van der Waals surface area contributed by atoms with E-state index in [2.05, 4.69) is 37.6 Å². The van der Waals surface area contributed by atoms with Gasteiger partial charge in [-0.15, -0.1) is 0 Å². The molecule has 4 amide bonds. The zero-order valence-electron chi connectivity index (χ0n) is 31.0. The molecule has 1 aliphatic heterocycles. The van der Waals surface area contributed by atoms with Crippen molar-refractivity contribution in [3.8, 4) is 0 Å². The number of hydrogen-bond donors (Lipinski definition) is 7. The lowest BCUT2D eigenvalue weighted by molar-refractivity contribution is -0.131. The van der Waals surface area contributed by atoms with Gasteiger partial charge in [-0.05, 0) is 92.9 Å². The van der Waals surface area contributed by atoms with E-state index < -0.39 is 12.1 Å². The summed E-state index contributed by atoms with van der Waals surface area (Å²) < 4.78 is 0. The van der Waals surface area contributed by atoms with Gasteiger partial charge in [0.15, 0.2) is 5.96 Å². The predicted octanol–water partition coefficient (Wildman–Crippen LogP) is 4.26. The van der Waals surface area contributed by atoms with E-state index >= 15 is 0 Å². The third kappa shape index (κ3) is 14.8. The molecule has 4 atom stereocenters. The molecule has 0 aromatic heterocycles. The first kappa shape index (κ1) is 42.3. The van der Waals surface area contributed by atoms with Gasteiger partial charge >= 0.3 is 0 Å². The summed E-state index contributed by atoms with van der Waals surface area (Å²) in [6.07, 6.45) is 9.44. The molecule has 4 rings (SSSR count). The molecular weight excluding hydrogens is 680 g/mol. The van der Waals surface area contributed by atoms with Gasteiger partial charge in [-0.2, -0.15) is 0 Å². The molecule has 2 aromatic rings. The Kier molecular flexibility index (Phi) is 18.4. The Labute approximate surface area is 314 Å². The molecule has 0 radical (unpaired) electrons. The lowest BCUT2D eigenvalue weighted by Crippen LogP contribution is -2.56. The highest BCUT2D eigenvalue weighted by molar-refractivity contribution is 6.30. The summed E-state index contributed by atoms with van der Waals surface area (Å²) in [7, 11) is 0. The molecule has 52 heavy (non-hydrogen) atoms. The number of amides is 4. The van der Waals surface area contributed by atoms with Gasteiger partial charge in [0.25, 0.3) is 5.91 Å². The molecule has 1 saturated carbocycles. The Hall–Kier alpha value is -4.16. The van der Waals surface area contributed by atoms with Crippen LogP contribution in [0.3, 0.4) is 0 Å². The number of guanidine groups is 1. The van der Waals surface area contributed by atoms with Crippen molar-refractivity contribution in [2.45, 2.75) is 122 Å². The molecule has 1 saturated heterocycles. The van der Waals surface area contributed by atoms with E-state index in [4.69, 9.17) is 23.1 Å². The summed E-state index contributed by atoms with van der Waals surface area (Å²) in [6.45, 7) is 8.45. The van der Waals surface area contributed by atoms with E-state index in [1.54, 1.807) is 24.3 Å². The van der Waals surface area contributed by atoms with Crippen LogP contribution in [0.2, 0.25) is 5.02 Å². The number of nitrogens with one attached hydrogen (secondary N) is 5. The fourth-order valence-electron chi connectivity index (χ4n) is 6.65. The van der Waals surface area contributed by atoms with E-state index in [9.17, 15) is 19.2 Å². The first-order chi connectivity index (χ1) is 25.0. The zero-order valence-corrected chi connectivity index (χ0v) is 31.7. The fourth-order valence-corrected chi connectivity index (χ4v) is 6.84. The maximum Gasteiger partial charge on any atom is 0.251 e. The number of piperidine rings is 1. The number of carbonyl (C=O) groups is 4. The third-order valence-corrected chi connectivity index (χ3v) is 9.72. The maximum atomic E-state index is 13.7. The van der Waals surface area contributed by atoms with Crippen molar-refractivity contribution in [2.75, 3.05) is 13.1 Å². The average molecular weight is 739 g/mol. The maximum absolute atomic E-state index is 13.7. The molecule has 1 heterocycles. The molecule has 3 unspecified atom stereocenters. The van der Waals surface area contributed by atoms with Gasteiger partial charge in [0.05, 0.1) is 6.54 Å². The number of carbonyl (C=O) groups excluding carboxylic acids is 4. The van der Waals surface area contributed by atoms with Crippen molar-refractivity contribution in [1.29, 1.82) is 0 Å². The molecule has 2 fully saturated rings. The lowest BCUT2D eigenvalue weighted by Gasteiger charge is -2.34. The third-order valence-electron chi connectivity index (χ3n) is 9.48. The van der Waals surface area contributed by atoms with Crippen LogP contribution in [0.15, 0.2) is 53.5 Å². The highest BCUT2D eigenvalue weighted by Gasteiger charge is 2.32. The number of halogens is 1. The fraction of sp³-hybridized carbons (Fsp3) is 0.564. The van der Waals surface area contributed by atoms with E-state index in [1.165, 1.54) is 0 Å². The van der Waals surface area contributed by atoms with E-state index in [0.717, 1.165) is 82.0 Å². The topological polar surface area (TPSA) is 193 Å². The van der Waals surface area contributed by atoms with Crippen molar-refractivity contribution in [3.05, 3.63) is 70.2 Å². The Balaban J connectivity index is 0.000000703. The van der Waals surface area contributed by atoms with Crippen LogP contribution in [0.5, 0.6) is 0 Å². The normalized spacial score (nSPS) is 18.5. The van der Waals surface area contributed by atoms with Crippen LogP contribution in [-0.4, -0.2) is 67.3 Å². The summed E-state index contributed by atoms with van der Waals surface area (Å²) in [5, 5.41) is 15.8. The number of nitrogens with zero attached hydrogens (tertiary/aromatic N) is 1. The molecular formula is C39H59ClN8O4. The van der Waals surface area contributed by atoms with Crippen LogP contribution < -0.4 is 38.1 Å². The van der Waals surface area contributed by atoms with Gasteiger partial charge in [-0.25, -0.2) is 4.99 Å². The number of hydrogen-bond acceptors (Lipinski definition) is 6. The van der Waals surface area contributed by atoms with E-state index in [-0.39, 0.29) is 41.6 Å². The standard InChI is InChI=1S/C33H47ClN6O3.C6H12N2O/c1-4-5-12-28(39-30(41)23-16-14-22(15-17-23)20-37-33(35)36)31(42)40-29(18-21(2)3)32(43)38-27-13-7-6-11-26(27)24-9-8-10-25(34)19-24;9-5-8-6-1-3-7-4-2-6/h8-10,14-17,19,21,26-29H,4-7,11-13,18,20H2,1-3H3,(H,38,43)(H,39,41)(H,40,42)(H4,35,36,37);5-7H,1-4H2,(H,8,9)/t26?,27?,28?,29-;/m0./s1. The molecule has 0 bridgehead atoms. The van der Waals surface area contributed by atoms with Crippen LogP contribution in [0.25, 0.3) is 0 Å². The molecule has 12 nitrogen and oxygen atoms in total. The first-order valence-corrected chi connectivity index (χ1v) is 19.1. The number of rotatable bonds is 16. The van der Waals surface area contributed by atoms with Crippen LogP contribution in [-0.2, 0) is 20.9 Å². The SMILES string of the molecule is CCCCC(NC(=O)c1ccc(CN=C(N)N)cc1)C(=O)N[C@@H](CC(C)C)C(=O)NC1CCCCC1c1cccc(Cl)c1.O=CNC1CCNCC1. The second kappa shape index (κ2) is 22.7. The van der Waals surface area contributed by atoms with Gasteiger partial charge in [-0.3, -0.25) is 19.2 Å². The Morgan fingerprint density at radius 1 is 0.962 bits per heavy atom. The average Bonchev–Trinajstić information content (AvgIpc) is 3.13. The van der Waals surface area contributed by atoms with Crippen molar-refractivity contribution >= 4 is 41.7 Å². The zero-order chi connectivity index (χ0) is 37.9. The summed E-state index contributed by atoms with van der Waals surface area (Å²) in [4.78, 5) is 54.3. The molecule has 1 aliphatic carbocycles. The Morgan fingerprint density at radius 3 is 2.31 bits per heavy atom. The van der Waals surface area contributed by atoms with Gasteiger partial charge in [0.2, 0.25) is 18.2 Å². The van der Waals surface area contributed by atoms with Gasteiger partial charge < -0.3 is 38.1 Å². The minimum Gasteiger partial charge on any atom is -0.370 e. The van der Waals surface area contributed by atoms with Crippen LogP contribution in [0, 0.1) is 5.92 Å². The van der Waals surface area contributed by atoms with Crippen LogP contribution >= 0.6 is 11.6 Å². The number of unbranched alkanes of at least 4 members (excludes halogenated alkanes) is 1. The van der Waals surface area contributed by atoms with E-state index in [1.807, 2.05) is 39.0 Å². The monoisotopic (exact) mass is 738 g/mol. The quantitative estimate of drug-likeness (QED) is 0.0760. The smallest absolute Gasteiger partial charge is 0.251 e. The van der Waals surface area contributed by atoms with Crippen LogP contribution in [0.1, 0.15) is 112 Å². The molecule has 9 N–H and O–H groups in total. The van der Waals surface area contributed by atoms with Crippen molar-refractivity contribution < 1.29 is 19.2 Å². The first-order valence-electron chi connectivity index (χ1n) is 18.7. The Morgan fingerprint density at radius 2 is 1.67 bits per heavy atom.